The first-order chi connectivity index (χ1) is 5.83. The van der Waals surface area contributed by atoms with Gasteiger partial charge < -0.3 is 4.74 Å². The molecule has 12 heavy (non-hydrogen) atoms. The predicted molar refractivity (Wildman–Crippen MR) is 47.3 cm³/mol. The number of ether oxygens (including phenoxy) is 1. The first kappa shape index (κ1) is 9.56. The van der Waals surface area contributed by atoms with Gasteiger partial charge in [-0.05, 0) is 12.3 Å². The topological polar surface area (TPSA) is 26.3 Å². The van der Waals surface area contributed by atoms with Crippen LogP contribution in [0.5, 0.6) is 0 Å². The summed E-state index contributed by atoms with van der Waals surface area (Å²) in [5.41, 5.74) is 0. The lowest BCUT2D eigenvalue weighted by atomic mass is 9.86. The summed E-state index contributed by atoms with van der Waals surface area (Å²) in [5.74, 6) is 0.596. The van der Waals surface area contributed by atoms with Crippen molar-refractivity contribution in [2.24, 2.45) is 5.92 Å². The summed E-state index contributed by atoms with van der Waals surface area (Å²) in [6, 6.07) is 0. The molecular weight excluding hydrogens is 152 g/mol. The van der Waals surface area contributed by atoms with E-state index >= 15 is 0 Å². The Bertz CT molecular complexity index is 137. The molecule has 1 rings (SSSR count). The van der Waals surface area contributed by atoms with Crippen molar-refractivity contribution < 1.29 is 9.53 Å². The van der Waals surface area contributed by atoms with Gasteiger partial charge in [-0.2, -0.15) is 0 Å². The second-order valence-electron chi connectivity index (χ2n) is 3.56. The van der Waals surface area contributed by atoms with Gasteiger partial charge in [0, 0.05) is 6.42 Å². The van der Waals surface area contributed by atoms with Crippen molar-refractivity contribution in [2.75, 3.05) is 0 Å². The minimum Gasteiger partial charge on any atom is -0.462 e. The Kier molecular flexibility index (Phi) is 4.12. The summed E-state index contributed by atoms with van der Waals surface area (Å²) in [5, 5.41) is 0. The molecule has 0 N–H and O–H groups in total. The number of esters is 1. The number of rotatable bonds is 3. The van der Waals surface area contributed by atoms with E-state index in [-0.39, 0.29) is 5.97 Å². The monoisotopic (exact) mass is 169 g/mol. The van der Waals surface area contributed by atoms with Crippen molar-refractivity contribution in [3.05, 3.63) is 7.11 Å². The standard InChI is InChI=1S/C10H17O2/c1-12-10(11)8-7-9-5-3-2-4-6-9/h9H,1-8H2. The van der Waals surface area contributed by atoms with Gasteiger partial charge in [-0.15, -0.1) is 0 Å². The van der Waals surface area contributed by atoms with Crippen molar-refractivity contribution >= 4 is 5.97 Å². The highest BCUT2D eigenvalue weighted by molar-refractivity contribution is 5.69. The Morgan fingerprint density at radius 1 is 1.33 bits per heavy atom. The Hall–Kier alpha value is -0.530. The second-order valence-corrected chi connectivity index (χ2v) is 3.56. The molecule has 1 radical (unpaired) electrons. The molecule has 0 saturated heterocycles. The maximum absolute atomic E-state index is 10.8. The summed E-state index contributed by atoms with van der Waals surface area (Å²) in [6.07, 6.45) is 8.18. The fraction of sp³-hybridized carbons (Fsp3) is 0.800. The molecule has 0 spiro atoms. The van der Waals surface area contributed by atoms with E-state index in [4.69, 9.17) is 0 Å². The molecule has 0 unspecified atom stereocenters. The van der Waals surface area contributed by atoms with Gasteiger partial charge in [-0.3, -0.25) is 4.79 Å². The van der Waals surface area contributed by atoms with Gasteiger partial charge in [0.15, 0.2) is 0 Å². The van der Waals surface area contributed by atoms with Crippen LogP contribution in [0.2, 0.25) is 0 Å². The highest BCUT2D eigenvalue weighted by Gasteiger charge is 2.14. The fourth-order valence-corrected chi connectivity index (χ4v) is 1.87. The Balaban J connectivity index is 2.09. The van der Waals surface area contributed by atoms with Crippen molar-refractivity contribution in [1.29, 1.82) is 0 Å². The van der Waals surface area contributed by atoms with Crippen LogP contribution in [-0.2, 0) is 9.53 Å². The van der Waals surface area contributed by atoms with E-state index in [0.717, 1.165) is 12.3 Å². The summed E-state index contributed by atoms with van der Waals surface area (Å²) in [4.78, 5) is 10.8. The fourth-order valence-electron chi connectivity index (χ4n) is 1.87. The molecule has 0 aromatic heterocycles. The molecule has 1 fully saturated rings. The van der Waals surface area contributed by atoms with Crippen LogP contribution in [0.4, 0.5) is 0 Å². The van der Waals surface area contributed by atoms with Crippen LogP contribution in [0, 0.1) is 13.0 Å². The first-order valence-corrected chi connectivity index (χ1v) is 4.78. The van der Waals surface area contributed by atoms with Gasteiger partial charge in [0.2, 0.25) is 0 Å². The smallest absolute Gasteiger partial charge is 0.305 e. The minimum absolute atomic E-state index is 0.166. The lowest BCUT2D eigenvalue weighted by Crippen LogP contribution is -2.09. The van der Waals surface area contributed by atoms with Gasteiger partial charge >= 0.3 is 5.97 Å². The Labute approximate surface area is 74.3 Å². The third-order valence-corrected chi connectivity index (χ3v) is 2.64. The van der Waals surface area contributed by atoms with Crippen LogP contribution in [-0.4, -0.2) is 5.97 Å². The van der Waals surface area contributed by atoms with E-state index in [1.807, 2.05) is 0 Å². The molecular formula is C10H17O2. The van der Waals surface area contributed by atoms with Crippen molar-refractivity contribution in [3.8, 4) is 0 Å². The average Bonchev–Trinajstić information content (AvgIpc) is 2.16. The third-order valence-electron chi connectivity index (χ3n) is 2.64. The largest absolute Gasteiger partial charge is 0.462 e. The Morgan fingerprint density at radius 2 is 2.00 bits per heavy atom. The van der Waals surface area contributed by atoms with Crippen molar-refractivity contribution in [1.82, 2.24) is 0 Å². The maximum atomic E-state index is 10.8. The molecule has 1 saturated carbocycles. The average molecular weight is 169 g/mol. The zero-order valence-electron chi connectivity index (χ0n) is 7.55. The summed E-state index contributed by atoms with van der Waals surface area (Å²) < 4.78 is 4.35. The van der Waals surface area contributed by atoms with Crippen molar-refractivity contribution in [3.63, 3.8) is 0 Å². The van der Waals surface area contributed by atoms with Crippen LogP contribution in [0.25, 0.3) is 0 Å². The van der Waals surface area contributed by atoms with Gasteiger partial charge in [-0.25, -0.2) is 0 Å². The zero-order chi connectivity index (χ0) is 8.81. The molecule has 0 aliphatic heterocycles. The van der Waals surface area contributed by atoms with E-state index in [1.165, 1.54) is 32.1 Å². The van der Waals surface area contributed by atoms with Crippen LogP contribution >= 0.6 is 0 Å². The molecule has 69 valence electrons. The second kappa shape index (κ2) is 5.18. The van der Waals surface area contributed by atoms with Gasteiger partial charge in [-0.1, -0.05) is 32.1 Å². The first-order valence-electron chi connectivity index (χ1n) is 4.78. The molecule has 1 aliphatic rings. The predicted octanol–water partition coefficient (Wildman–Crippen LogP) is 2.68. The number of carbonyl (C=O) groups excluding carboxylic acids is 1. The lowest BCUT2D eigenvalue weighted by Gasteiger charge is -2.20. The molecule has 0 aromatic carbocycles. The quantitative estimate of drug-likeness (QED) is 0.607. The minimum atomic E-state index is -0.166. The van der Waals surface area contributed by atoms with E-state index < -0.39 is 0 Å². The van der Waals surface area contributed by atoms with Gasteiger partial charge in [0.05, 0.1) is 0 Å². The molecule has 0 bridgehead atoms. The van der Waals surface area contributed by atoms with Crippen LogP contribution in [0.15, 0.2) is 0 Å². The number of carbonyl (C=O) groups is 1. The molecule has 2 heteroatoms. The summed E-state index contributed by atoms with van der Waals surface area (Å²) in [6.45, 7) is 0. The number of hydrogen-bond acceptors (Lipinski definition) is 2. The van der Waals surface area contributed by atoms with E-state index in [1.54, 1.807) is 0 Å². The molecule has 0 aromatic rings. The Morgan fingerprint density at radius 3 is 2.58 bits per heavy atom. The maximum Gasteiger partial charge on any atom is 0.305 e. The SMILES string of the molecule is [CH2]OC(=O)CCC1CCCCC1. The zero-order valence-corrected chi connectivity index (χ0v) is 7.55. The molecule has 0 amide bonds. The van der Waals surface area contributed by atoms with Crippen LogP contribution in [0.1, 0.15) is 44.9 Å². The third kappa shape index (κ3) is 3.24. The van der Waals surface area contributed by atoms with Crippen LogP contribution in [0.3, 0.4) is 0 Å². The lowest BCUT2D eigenvalue weighted by molar-refractivity contribution is -0.138. The van der Waals surface area contributed by atoms with Gasteiger partial charge in [0.1, 0.15) is 7.11 Å². The normalized spacial score (nSPS) is 19.1. The highest BCUT2D eigenvalue weighted by Crippen LogP contribution is 2.27. The summed E-state index contributed by atoms with van der Waals surface area (Å²) >= 11 is 0. The van der Waals surface area contributed by atoms with E-state index in [0.29, 0.717) is 6.42 Å². The highest BCUT2D eigenvalue weighted by atomic mass is 16.5. The van der Waals surface area contributed by atoms with E-state index in [9.17, 15) is 4.79 Å². The number of hydrogen-bond donors (Lipinski definition) is 0. The van der Waals surface area contributed by atoms with Gasteiger partial charge in [0.25, 0.3) is 0 Å². The summed E-state index contributed by atoms with van der Waals surface area (Å²) in [7, 11) is 3.10. The molecule has 1 aliphatic carbocycles. The molecule has 2 nitrogen and oxygen atoms in total. The van der Waals surface area contributed by atoms with E-state index in [2.05, 4.69) is 11.8 Å². The van der Waals surface area contributed by atoms with Crippen molar-refractivity contribution in [2.45, 2.75) is 44.9 Å². The molecule has 0 atom stereocenters. The van der Waals surface area contributed by atoms with Crippen LogP contribution < -0.4 is 0 Å². The molecule has 0 heterocycles.